The second kappa shape index (κ2) is 4.49. The Morgan fingerprint density at radius 3 is 2.67 bits per heavy atom. The Hall–Kier alpha value is -1.18. The first-order valence-electron chi connectivity index (χ1n) is 5.04. The quantitative estimate of drug-likeness (QED) is 0.913. The minimum absolute atomic E-state index is 0.0664. The van der Waals surface area contributed by atoms with Gasteiger partial charge in [0.05, 0.1) is 9.37 Å². The van der Waals surface area contributed by atoms with Crippen molar-refractivity contribution in [3.8, 4) is 5.75 Å². The number of phenolic OH excluding ortho intramolecular Hbond substituents is 1. The lowest BCUT2D eigenvalue weighted by atomic mass is 10.2. The number of sulfonamides is 1. The average molecular weight is 331 g/mol. The van der Waals surface area contributed by atoms with E-state index in [2.05, 4.69) is 20.9 Å². The summed E-state index contributed by atoms with van der Waals surface area (Å²) in [7, 11) is -0.677. The third-order valence-electron chi connectivity index (χ3n) is 2.54. The highest BCUT2D eigenvalue weighted by molar-refractivity contribution is 9.10. The van der Waals surface area contributed by atoms with Crippen molar-refractivity contribution in [3.63, 3.8) is 0 Å². The van der Waals surface area contributed by atoms with E-state index in [-0.39, 0.29) is 16.2 Å². The van der Waals surface area contributed by atoms with E-state index in [4.69, 9.17) is 0 Å². The zero-order chi connectivity index (χ0) is 13.5. The molecule has 7 heteroatoms. The summed E-state index contributed by atoms with van der Waals surface area (Å²) < 4.78 is 25.8. The van der Waals surface area contributed by atoms with Gasteiger partial charge in [0.15, 0.2) is 5.75 Å². The van der Waals surface area contributed by atoms with Crippen molar-refractivity contribution in [3.05, 3.63) is 28.9 Å². The van der Waals surface area contributed by atoms with Gasteiger partial charge < -0.3 is 5.11 Å². The molecular formula is C11H11BrN2O3S. The molecule has 0 amide bonds. The molecule has 5 nitrogen and oxygen atoms in total. The van der Waals surface area contributed by atoms with Gasteiger partial charge in [0.2, 0.25) is 10.0 Å². The molecule has 2 rings (SSSR count). The van der Waals surface area contributed by atoms with Gasteiger partial charge in [-0.3, -0.25) is 4.98 Å². The van der Waals surface area contributed by atoms with E-state index in [1.54, 1.807) is 12.1 Å². The zero-order valence-corrected chi connectivity index (χ0v) is 12.2. The predicted octanol–water partition coefficient (Wildman–Crippen LogP) is 1.95. The molecule has 1 heterocycles. The molecule has 0 atom stereocenters. The van der Waals surface area contributed by atoms with E-state index in [1.807, 2.05) is 0 Å². The summed E-state index contributed by atoms with van der Waals surface area (Å²) in [5.74, 6) is -0.0664. The summed E-state index contributed by atoms with van der Waals surface area (Å²) in [5.41, 5.74) is 0.257. The van der Waals surface area contributed by atoms with E-state index in [9.17, 15) is 13.5 Å². The third-order valence-corrected chi connectivity index (χ3v) is 5.00. The van der Waals surface area contributed by atoms with E-state index in [0.29, 0.717) is 9.86 Å². The lowest BCUT2D eigenvalue weighted by molar-refractivity contribution is 0.476. The number of hydrogen-bond donors (Lipinski definition) is 1. The molecule has 1 N–H and O–H groups in total. The van der Waals surface area contributed by atoms with E-state index in [0.717, 1.165) is 4.31 Å². The number of aromatic nitrogens is 1. The van der Waals surface area contributed by atoms with Gasteiger partial charge in [-0.1, -0.05) is 0 Å². The molecule has 1 aromatic carbocycles. The van der Waals surface area contributed by atoms with Crippen molar-refractivity contribution >= 4 is 36.9 Å². The summed E-state index contributed by atoms with van der Waals surface area (Å²) in [6.07, 6.45) is 1.50. The fourth-order valence-corrected chi connectivity index (χ4v) is 3.25. The molecule has 0 saturated carbocycles. The van der Waals surface area contributed by atoms with Gasteiger partial charge >= 0.3 is 0 Å². The van der Waals surface area contributed by atoms with Crippen LogP contribution in [0.2, 0.25) is 0 Å². The summed E-state index contributed by atoms with van der Waals surface area (Å²) in [5, 5.41) is 10.3. The number of rotatable bonds is 2. The summed E-state index contributed by atoms with van der Waals surface area (Å²) in [6, 6.07) is 4.63. The molecular weight excluding hydrogens is 320 g/mol. The van der Waals surface area contributed by atoms with Crippen LogP contribution in [0, 0.1) is 0 Å². The van der Waals surface area contributed by atoms with Crippen molar-refractivity contribution in [2.45, 2.75) is 4.90 Å². The molecule has 0 aliphatic heterocycles. The topological polar surface area (TPSA) is 70.5 Å². The summed E-state index contributed by atoms with van der Waals surface area (Å²) in [4.78, 5) is 4.12. The molecule has 0 aliphatic rings. The van der Waals surface area contributed by atoms with Gasteiger partial charge in [0.25, 0.3) is 0 Å². The number of benzene rings is 1. The van der Waals surface area contributed by atoms with Crippen LogP contribution in [-0.4, -0.2) is 36.9 Å². The molecule has 0 aliphatic carbocycles. The number of fused-ring (bicyclic) bond motifs is 1. The molecule has 0 radical (unpaired) electrons. The smallest absolute Gasteiger partial charge is 0.243 e. The lowest BCUT2D eigenvalue weighted by Gasteiger charge is -2.14. The molecule has 18 heavy (non-hydrogen) atoms. The first-order valence-corrected chi connectivity index (χ1v) is 7.27. The predicted molar refractivity (Wildman–Crippen MR) is 72.0 cm³/mol. The Balaban J connectivity index is 2.93. The Bertz CT molecular complexity index is 714. The van der Waals surface area contributed by atoms with Crippen LogP contribution >= 0.6 is 15.9 Å². The van der Waals surface area contributed by atoms with Gasteiger partial charge in [0, 0.05) is 25.7 Å². The van der Waals surface area contributed by atoms with Gasteiger partial charge in [-0.2, -0.15) is 0 Å². The average Bonchev–Trinajstić information content (AvgIpc) is 2.33. The first-order chi connectivity index (χ1) is 8.35. The van der Waals surface area contributed by atoms with Gasteiger partial charge in [-0.25, -0.2) is 12.7 Å². The van der Waals surface area contributed by atoms with Crippen LogP contribution in [0.4, 0.5) is 0 Å². The van der Waals surface area contributed by atoms with Crippen LogP contribution in [0.5, 0.6) is 5.75 Å². The third kappa shape index (κ3) is 1.98. The van der Waals surface area contributed by atoms with Crippen molar-refractivity contribution in [2.24, 2.45) is 0 Å². The SMILES string of the molecule is CN(C)S(=O)(=O)c1cc(Br)c(O)c2ncccc12. The highest BCUT2D eigenvalue weighted by Gasteiger charge is 2.23. The Morgan fingerprint density at radius 2 is 2.06 bits per heavy atom. The van der Waals surface area contributed by atoms with Crippen LogP contribution in [0.25, 0.3) is 10.9 Å². The summed E-state index contributed by atoms with van der Waals surface area (Å²) in [6.45, 7) is 0. The Labute approximate surface area is 113 Å². The van der Waals surface area contributed by atoms with Gasteiger partial charge in [0.1, 0.15) is 5.52 Å². The minimum atomic E-state index is -3.59. The van der Waals surface area contributed by atoms with Gasteiger partial charge in [-0.15, -0.1) is 0 Å². The maximum Gasteiger partial charge on any atom is 0.243 e. The highest BCUT2D eigenvalue weighted by atomic mass is 79.9. The van der Waals surface area contributed by atoms with Gasteiger partial charge in [-0.05, 0) is 34.1 Å². The minimum Gasteiger partial charge on any atom is -0.505 e. The number of phenols is 1. The Morgan fingerprint density at radius 1 is 1.39 bits per heavy atom. The van der Waals surface area contributed by atoms with E-state index < -0.39 is 10.0 Å². The zero-order valence-electron chi connectivity index (χ0n) is 9.75. The molecule has 1 aromatic heterocycles. The second-order valence-corrected chi connectivity index (χ2v) is 6.87. The van der Waals surface area contributed by atoms with Crippen LogP contribution in [0.1, 0.15) is 0 Å². The number of aromatic hydroxyl groups is 1. The highest BCUT2D eigenvalue weighted by Crippen LogP contribution is 2.36. The molecule has 0 saturated heterocycles. The summed E-state index contributed by atoms with van der Waals surface area (Å²) >= 11 is 3.14. The number of pyridine rings is 1. The lowest BCUT2D eigenvalue weighted by Crippen LogP contribution is -2.22. The number of halogens is 1. The maximum absolute atomic E-state index is 12.2. The Kier molecular flexibility index (Phi) is 3.31. The molecule has 0 spiro atoms. The monoisotopic (exact) mass is 330 g/mol. The fraction of sp³-hybridized carbons (Fsp3) is 0.182. The van der Waals surface area contributed by atoms with Crippen LogP contribution < -0.4 is 0 Å². The molecule has 0 fully saturated rings. The standard InChI is InChI=1S/C11H11BrN2O3S/c1-14(2)18(16,17)9-6-8(12)11(15)10-7(9)4-3-5-13-10/h3-6,15H,1-2H3. The van der Waals surface area contributed by atoms with Crippen LogP contribution in [0.15, 0.2) is 33.8 Å². The fourth-order valence-electron chi connectivity index (χ4n) is 1.58. The molecule has 96 valence electrons. The normalized spacial score (nSPS) is 12.2. The number of hydrogen-bond acceptors (Lipinski definition) is 4. The van der Waals surface area contributed by atoms with Crippen molar-refractivity contribution in [1.29, 1.82) is 0 Å². The van der Waals surface area contributed by atoms with E-state index in [1.165, 1.54) is 26.4 Å². The maximum atomic E-state index is 12.2. The molecule has 2 aromatic rings. The molecule has 0 bridgehead atoms. The van der Waals surface area contributed by atoms with Crippen molar-refractivity contribution in [1.82, 2.24) is 9.29 Å². The largest absolute Gasteiger partial charge is 0.505 e. The second-order valence-electron chi connectivity index (χ2n) is 3.89. The molecule has 0 unspecified atom stereocenters. The van der Waals surface area contributed by atoms with E-state index >= 15 is 0 Å². The number of nitrogens with zero attached hydrogens (tertiary/aromatic N) is 2. The van der Waals surface area contributed by atoms with Crippen LogP contribution in [0.3, 0.4) is 0 Å². The van der Waals surface area contributed by atoms with Crippen molar-refractivity contribution < 1.29 is 13.5 Å². The van der Waals surface area contributed by atoms with Crippen molar-refractivity contribution in [2.75, 3.05) is 14.1 Å². The first kappa shape index (κ1) is 13.3. The van der Waals surface area contributed by atoms with Crippen LogP contribution in [-0.2, 0) is 10.0 Å².